The Kier molecular flexibility index (Phi) is 5.88. The summed E-state index contributed by atoms with van der Waals surface area (Å²) in [6.07, 6.45) is 9.68. The van der Waals surface area contributed by atoms with Gasteiger partial charge in [-0.25, -0.2) is 0 Å². The van der Waals surface area contributed by atoms with Crippen molar-refractivity contribution in [3.8, 4) is 0 Å². The van der Waals surface area contributed by atoms with Crippen LogP contribution in [0.3, 0.4) is 0 Å². The second-order valence-electron chi connectivity index (χ2n) is 4.20. The zero-order chi connectivity index (χ0) is 10.2. The first-order chi connectivity index (χ1) is 6.83. The SMILES string of the molecule is CCCCCC(O)/C=C/C1CCNC1. The summed E-state index contributed by atoms with van der Waals surface area (Å²) in [4.78, 5) is 0. The molecule has 1 fully saturated rings. The quantitative estimate of drug-likeness (QED) is 0.505. The van der Waals surface area contributed by atoms with Crippen molar-refractivity contribution in [1.82, 2.24) is 5.32 Å². The second-order valence-corrected chi connectivity index (χ2v) is 4.20. The number of unbranched alkanes of at least 4 members (excludes halogenated alkanes) is 2. The molecule has 1 saturated heterocycles. The highest BCUT2D eigenvalue weighted by Gasteiger charge is 2.10. The number of aliphatic hydroxyl groups excluding tert-OH is 1. The molecule has 2 atom stereocenters. The van der Waals surface area contributed by atoms with Crippen molar-refractivity contribution in [3.63, 3.8) is 0 Å². The van der Waals surface area contributed by atoms with Gasteiger partial charge in [0.25, 0.3) is 0 Å². The predicted molar refractivity (Wildman–Crippen MR) is 60.3 cm³/mol. The Bertz CT molecular complexity index is 162. The van der Waals surface area contributed by atoms with Crippen LogP contribution in [-0.2, 0) is 0 Å². The van der Waals surface area contributed by atoms with Gasteiger partial charge in [-0.3, -0.25) is 0 Å². The Morgan fingerprint density at radius 2 is 2.36 bits per heavy atom. The lowest BCUT2D eigenvalue weighted by Gasteiger charge is -2.06. The topological polar surface area (TPSA) is 32.3 Å². The minimum Gasteiger partial charge on any atom is -0.389 e. The van der Waals surface area contributed by atoms with E-state index in [2.05, 4.69) is 18.3 Å². The van der Waals surface area contributed by atoms with E-state index in [9.17, 15) is 5.11 Å². The van der Waals surface area contributed by atoms with Crippen LogP contribution >= 0.6 is 0 Å². The number of aliphatic hydroxyl groups is 1. The summed E-state index contributed by atoms with van der Waals surface area (Å²) in [6.45, 7) is 4.39. The third kappa shape index (κ3) is 4.77. The Hall–Kier alpha value is -0.340. The average molecular weight is 197 g/mol. The second kappa shape index (κ2) is 7.02. The van der Waals surface area contributed by atoms with Crippen LogP contribution in [0.4, 0.5) is 0 Å². The van der Waals surface area contributed by atoms with Crippen LogP contribution in [0.2, 0.25) is 0 Å². The van der Waals surface area contributed by atoms with E-state index in [1.165, 1.54) is 19.3 Å². The van der Waals surface area contributed by atoms with Crippen LogP contribution in [0.1, 0.15) is 39.0 Å². The first kappa shape index (κ1) is 11.7. The molecule has 2 heteroatoms. The summed E-state index contributed by atoms with van der Waals surface area (Å²) in [5.74, 6) is 0.649. The predicted octanol–water partition coefficient (Wildman–Crippen LogP) is 2.09. The van der Waals surface area contributed by atoms with Crippen molar-refractivity contribution in [1.29, 1.82) is 0 Å². The molecule has 0 spiro atoms. The average Bonchev–Trinajstić information content (AvgIpc) is 2.68. The van der Waals surface area contributed by atoms with E-state index in [0.29, 0.717) is 5.92 Å². The largest absolute Gasteiger partial charge is 0.389 e. The minimum atomic E-state index is -0.220. The van der Waals surface area contributed by atoms with Crippen LogP contribution in [-0.4, -0.2) is 24.3 Å². The van der Waals surface area contributed by atoms with Crippen molar-refractivity contribution in [3.05, 3.63) is 12.2 Å². The summed E-state index contributed by atoms with van der Waals surface area (Å²) >= 11 is 0. The van der Waals surface area contributed by atoms with E-state index in [-0.39, 0.29) is 6.10 Å². The van der Waals surface area contributed by atoms with Gasteiger partial charge in [-0.05, 0) is 25.3 Å². The highest BCUT2D eigenvalue weighted by Crippen LogP contribution is 2.11. The molecule has 1 aliphatic heterocycles. The van der Waals surface area contributed by atoms with Gasteiger partial charge in [-0.2, -0.15) is 0 Å². The van der Waals surface area contributed by atoms with Gasteiger partial charge in [0.1, 0.15) is 0 Å². The fourth-order valence-electron chi connectivity index (χ4n) is 1.83. The van der Waals surface area contributed by atoms with Crippen molar-refractivity contribution in [2.24, 2.45) is 5.92 Å². The summed E-state index contributed by atoms with van der Waals surface area (Å²) in [5, 5.41) is 12.9. The lowest BCUT2D eigenvalue weighted by molar-refractivity contribution is 0.207. The minimum absolute atomic E-state index is 0.220. The molecule has 1 aliphatic rings. The lowest BCUT2D eigenvalue weighted by atomic mass is 10.1. The maximum atomic E-state index is 9.63. The number of hydrogen-bond donors (Lipinski definition) is 2. The monoisotopic (exact) mass is 197 g/mol. The molecule has 82 valence electrons. The van der Waals surface area contributed by atoms with E-state index >= 15 is 0 Å². The molecule has 0 radical (unpaired) electrons. The molecule has 0 aromatic heterocycles. The van der Waals surface area contributed by atoms with Crippen LogP contribution in [0.5, 0.6) is 0 Å². The Balaban J connectivity index is 2.08. The van der Waals surface area contributed by atoms with Crippen molar-refractivity contribution < 1.29 is 5.11 Å². The summed E-state index contributed by atoms with van der Waals surface area (Å²) in [7, 11) is 0. The zero-order valence-electron chi connectivity index (χ0n) is 9.21. The summed E-state index contributed by atoms with van der Waals surface area (Å²) in [5.41, 5.74) is 0. The van der Waals surface area contributed by atoms with Crippen molar-refractivity contribution in [2.75, 3.05) is 13.1 Å². The normalized spacial score (nSPS) is 24.6. The number of hydrogen-bond acceptors (Lipinski definition) is 2. The molecule has 0 saturated carbocycles. The maximum absolute atomic E-state index is 9.63. The summed E-state index contributed by atoms with van der Waals surface area (Å²) in [6, 6.07) is 0. The van der Waals surface area contributed by atoms with E-state index in [0.717, 1.165) is 25.9 Å². The van der Waals surface area contributed by atoms with Crippen LogP contribution in [0, 0.1) is 5.92 Å². The first-order valence-corrected chi connectivity index (χ1v) is 5.90. The third-order valence-electron chi connectivity index (χ3n) is 2.81. The fraction of sp³-hybridized carbons (Fsp3) is 0.833. The van der Waals surface area contributed by atoms with E-state index in [1.54, 1.807) is 0 Å². The molecule has 1 rings (SSSR count). The van der Waals surface area contributed by atoms with Gasteiger partial charge in [-0.1, -0.05) is 38.3 Å². The van der Waals surface area contributed by atoms with Gasteiger partial charge in [0.15, 0.2) is 0 Å². The van der Waals surface area contributed by atoms with Gasteiger partial charge >= 0.3 is 0 Å². The highest BCUT2D eigenvalue weighted by molar-refractivity contribution is 4.96. The Labute approximate surface area is 87.4 Å². The van der Waals surface area contributed by atoms with E-state index in [4.69, 9.17) is 0 Å². The molecule has 2 nitrogen and oxygen atoms in total. The number of nitrogens with one attached hydrogen (secondary N) is 1. The Morgan fingerprint density at radius 1 is 1.50 bits per heavy atom. The van der Waals surface area contributed by atoms with Gasteiger partial charge in [0, 0.05) is 6.54 Å². The molecular formula is C12H23NO. The van der Waals surface area contributed by atoms with Crippen LogP contribution < -0.4 is 5.32 Å². The van der Waals surface area contributed by atoms with Gasteiger partial charge in [0.2, 0.25) is 0 Å². The zero-order valence-corrected chi connectivity index (χ0v) is 9.21. The van der Waals surface area contributed by atoms with Gasteiger partial charge < -0.3 is 10.4 Å². The van der Waals surface area contributed by atoms with Crippen molar-refractivity contribution in [2.45, 2.75) is 45.1 Å². The molecule has 14 heavy (non-hydrogen) atoms. The molecule has 0 amide bonds. The van der Waals surface area contributed by atoms with E-state index < -0.39 is 0 Å². The van der Waals surface area contributed by atoms with Crippen molar-refractivity contribution >= 4 is 0 Å². The highest BCUT2D eigenvalue weighted by atomic mass is 16.3. The number of rotatable bonds is 6. The molecule has 0 aromatic rings. The van der Waals surface area contributed by atoms with Gasteiger partial charge in [0.05, 0.1) is 6.10 Å². The van der Waals surface area contributed by atoms with Crippen LogP contribution in [0.25, 0.3) is 0 Å². The molecule has 0 aromatic carbocycles. The summed E-state index contributed by atoms with van der Waals surface area (Å²) < 4.78 is 0. The molecule has 0 aliphatic carbocycles. The molecule has 1 heterocycles. The lowest BCUT2D eigenvalue weighted by Crippen LogP contribution is -2.08. The smallest absolute Gasteiger partial charge is 0.0721 e. The third-order valence-corrected chi connectivity index (χ3v) is 2.81. The maximum Gasteiger partial charge on any atom is 0.0721 e. The van der Waals surface area contributed by atoms with E-state index in [1.807, 2.05) is 6.08 Å². The van der Waals surface area contributed by atoms with Gasteiger partial charge in [-0.15, -0.1) is 0 Å². The molecular weight excluding hydrogens is 174 g/mol. The molecule has 0 bridgehead atoms. The molecule has 2 N–H and O–H groups in total. The fourth-order valence-corrected chi connectivity index (χ4v) is 1.83. The first-order valence-electron chi connectivity index (χ1n) is 5.90. The standard InChI is InChI=1S/C12H23NO/c1-2-3-4-5-12(14)7-6-11-8-9-13-10-11/h6-7,11-14H,2-5,8-10H2,1H3/b7-6+. The van der Waals surface area contributed by atoms with Crippen LogP contribution in [0.15, 0.2) is 12.2 Å². The Morgan fingerprint density at radius 3 is 3.00 bits per heavy atom. The molecule has 2 unspecified atom stereocenters.